The highest BCUT2D eigenvalue weighted by molar-refractivity contribution is 5.98. The van der Waals surface area contributed by atoms with E-state index in [1.54, 1.807) is 24.5 Å². The van der Waals surface area contributed by atoms with E-state index in [4.69, 9.17) is 0 Å². The van der Waals surface area contributed by atoms with Crippen LogP contribution in [0.5, 0.6) is 0 Å². The molecule has 2 aliphatic rings. The quantitative estimate of drug-likeness (QED) is 0.634. The van der Waals surface area contributed by atoms with E-state index in [1.165, 1.54) is 0 Å². The van der Waals surface area contributed by atoms with Crippen molar-refractivity contribution in [3.63, 3.8) is 0 Å². The molecule has 0 saturated carbocycles. The highest BCUT2D eigenvalue weighted by Gasteiger charge is 2.36. The molecule has 0 bridgehead atoms. The SMILES string of the molecule is C[C@@H]1[C@@H](NC(=O)c2ccc3[nH]ccc3n2)CCN1C(=O)c1ccnc2c1CCN2. The van der Waals surface area contributed by atoms with Crippen molar-refractivity contribution in [3.8, 4) is 0 Å². The van der Waals surface area contributed by atoms with Crippen molar-refractivity contribution in [1.82, 2.24) is 25.2 Å². The summed E-state index contributed by atoms with van der Waals surface area (Å²) in [6.07, 6.45) is 5.00. The number of aromatic nitrogens is 3. The molecule has 8 nitrogen and oxygen atoms in total. The van der Waals surface area contributed by atoms with E-state index in [0.717, 1.165) is 41.8 Å². The fourth-order valence-electron chi connectivity index (χ4n) is 4.28. The minimum Gasteiger partial charge on any atom is -0.369 e. The number of carbonyl (C=O) groups excluding carboxylic acids is 2. The molecular weight excluding hydrogens is 368 g/mol. The van der Waals surface area contributed by atoms with Gasteiger partial charge >= 0.3 is 0 Å². The van der Waals surface area contributed by atoms with E-state index in [0.29, 0.717) is 17.8 Å². The number of hydrogen-bond acceptors (Lipinski definition) is 5. The van der Waals surface area contributed by atoms with Crippen molar-refractivity contribution in [1.29, 1.82) is 0 Å². The summed E-state index contributed by atoms with van der Waals surface area (Å²) >= 11 is 0. The molecular formula is C21H22N6O2. The molecule has 0 aliphatic carbocycles. The molecule has 1 saturated heterocycles. The normalized spacial score (nSPS) is 20.5. The summed E-state index contributed by atoms with van der Waals surface area (Å²) in [6, 6.07) is 6.99. The maximum atomic E-state index is 13.2. The van der Waals surface area contributed by atoms with Gasteiger partial charge in [0.1, 0.15) is 11.5 Å². The summed E-state index contributed by atoms with van der Waals surface area (Å²) in [7, 11) is 0. The van der Waals surface area contributed by atoms with Gasteiger partial charge in [-0.05, 0) is 44.0 Å². The average molecular weight is 390 g/mol. The molecule has 3 N–H and O–H groups in total. The fraction of sp³-hybridized carbons (Fsp3) is 0.333. The van der Waals surface area contributed by atoms with Gasteiger partial charge in [-0.3, -0.25) is 9.59 Å². The Morgan fingerprint density at radius 2 is 2.14 bits per heavy atom. The number of rotatable bonds is 3. The molecule has 5 heterocycles. The molecule has 8 heteroatoms. The number of anilines is 1. The lowest BCUT2D eigenvalue weighted by molar-refractivity contribution is 0.0727. The number of nitrogens with one attached hydrogen (secondary N) is 3. The minimum atomic E-state index is -0.215. The van der Waals surface area contributed by atoms with Crippen LogP contribution in [-0.4, -0.2) is 56.8 Å². The first-order chi connectivity index (χ1) is 14.1. The summed E-state index contributed by atoms with van der Waals surface area (Å²) in [5.74, 6) is 0.593. The van der Waals surface area contributed by atoms with Crippen LogP contribution in [0.2, 0.25) is 0 Å². The van der Waals surface area contributed by atoms with E-state index in [1.807, 2.05) is 24.0 Å². The first-order valence-corrected chi connectivity index (χ1v) is 9.89. The Bertz CT molecular complexity index is 1110. The Morgan fingerprint density at radius 1 is 1.24 bits per heavy atom. The second-order valence-electron chi connectivity index (χ2n) is 7.58. The lowest BCUT2D eigenvalue weighted by Crippen LogP contribution is -2.45. The molecule has 2 amide bonds. The zero-order chi connectivity index (χ0) is 20.0. The minimum absolute atomic E-state index is 0.00321. The van der Waals surface area contributed by atoms with Gasteiger partial charge in [-0.1, -0.05) is 0 Å². The molecule has 2 aliphatic heterocycles. The third-order valence-electron chi connectivity index (χ3n) is 5.92. The van der Waals surface area contributed by atoms with Crippen molar-refractivity contribution in [3.05, 3.63) is 53.5 Å². The highest BCUT2D eigenvalue weighted by Crippen LogP contribution is 2.27. The van der Waals surface area contributed by atoms with Gasteiger partial charge in [-0.15, -0.1) is 0 Å². The molecule has 148 valence electrons. The van der Waals surface area contributed by atoms with Gasteiger partial charge < -0.3 is 20.5 Å². The maximum absolute atomic E-state index is 13.2. The van der Waals surface area contributed by atoms with E-state index in [9.17, 15) is 9.59 Å². The van der Waals surface area contributed by atoms with Crippen molar-refractivity contribution in [2.24, 2.45) is 0 Å². The maximum Gasteiger partial charge on any atom is 0.270 e. The molecule has 0 aromatic carbocycles. The number of nitrogens with zero attached hydrogens (tertiary/aromatic N) is 3. The molecule has 2 atom stereocenters. The van der Waals surface area contributed by atoms with Gasteiger partial charge in [-0.2, -0.15) is 0 Å². The monoisotopic (exact) mass is 390 g/mol. The fourth-order valence-corrected chi connectivity index (χ4v) is 4.28. The van der Waals surface area contributed by atoms with E-state index in [-0.39, 0.29) is 23.9 Å². The van der Waals surface area contributed by atoms with Crippen molar-refractivity contribution < 1.29 is 9.59 Å². The lowest BCUT2D eigenvalue weighted by Gasteiger charge is -2.26. The number of pyridine rings is 2. The largest absolute Gasteiger partial charge is 0.369 e. The van der Waals surface area contributed by atoms with Crippen LogP contribution in [0.25, 0.3) is 11.0 Å². The zero-order valence-electron chi connectivity index (χ0n) is 16.1. The number of H-pyrrole nitrogens is 1. The standard InChI is InChI=1S/C21H22N6O2/c1-12-15(26-20(28)18-3-2-16-17(25-18)6-10-22-16)7-11-27(12)21(29)14-5-9-24-19-13(14)4-8-23-19/h2-3,5-6,9-10,12,15,22H,4,7-8,11H2,1H3,(H,23,24)(H,26,28)/t12-,15+/m1/s1. The second kappa shape index (κ2) is 6.88. The molecule has 0 unspecified atom stereocenters. The van der Waals surface area contributed by atoms with Gasteiger partial charge in [0.05, 0.1) is 17.1 Å². The van der Waals surface area contributed by atoms with Crippen molar-refractivity contribution in [2.75, 3.05) is 18.4 Å². The number of fused-ring (bicyclic) bond motifs is 2. The Morgan fingerprint density at radius 3 is 3.03 bits per heavy atom. The Balaban J connectivity index is 1.31. The Labute approximate surface area is 167 Å². The predicted octanol–water partition coefficient (Wildman–Crippen LogP) is 1.96. The van der Waals surface area contributed by atoms with Crippen LogP contribution in [-0.2, 0) is 6.42 Å². The average Bonchev–Trinajstić information content (AvgIpc) is 3.46. The van der Waals surface area contributed by atoms with Crippen molar-refractivity contribution in [2.45, 2.75) is 31.8 Å². The number of hydrogen-bond donors (Lipinski definition) is 3. The summed E-state index contributed by atoms with van der Waals surface area (Å²) in [6.45, 7) is 3.40. The highest BCUT2D eigenvalue weighted by atomic mass is 16.2. The number of carbonyl (C=O) groups is 2. The molecule has 1 fully saturated rings. The van der Waals surface area contributed by atoms with Gasteiger partial charge in [0.25, 0.3) is 11.8 Å². The van der Waals surface area contributed by atoms with Gasteiger partial charge in [-0.25, -0.2) is 9.97 Å². The molecule has 3 aromatic rings. The third-order valence-corrected chi connectivity index (χ3v) is 5.92. The van der Waals surface area contributed by atoms with Crippen LogP contribution < -0.4 is 10.6 Å². The van der Waals surface area contributed by atoms with Crippen LogP contribution >= 0.6 is 0 Å². The van der Waals surface area contributed by atoms with Crippen LogP contribution in [0.3, 0.4) is 0 Å². The molecule has 5 rings (SSSR count). The van der Waals surface area contributed by atoms with E-state index >= 15 is 0 Å². The van der Waals surface area contributed by atoms with Crippen LogP contribution in [0.4, 0.5) is 5.82 Å². The van der Waals surface area contributed by atoms with Crippen LogP contribution in [0, 0.1) is 0 Å². The topological polar surface area (TPSA) is 103 Å². The summed E-state index contributed by atoms with van der Waals surface area (Å²) in [4.78, 5) is 39.5. The summed E-state index contributed by atoms with van der Waals surface area (Å²) in [5, 5.41) is 6.27. The predicted molar refractivity (Wildman–Crippen MR) is 109 cm³/mol. The summed E-state index contributed by atoms with van der Waals surface area (Å²) < 4.78 is 0. The third kappa shape index (κ3) is 3.00. The van der Waals surface area contributed by atoms with Crippen LogP contribution in [0.1, 0.15) is 39.8 Å². The molecule has 0 spiro atoms. The first-order valence-electron chi connectivity index (χ1n) is 9.89. The van der Waals surface area contributed by atoms with E-state index in [2.05, 4.69) is 25.6 Å². The number of likely N-dealkylation sites (tertiary alicyclic amines) is 1. The van der Waals surface area contributed by atoms with Crippen LogP contribution in [0.15, 0.2) is 36.7 Å². The van der Waals surface area contributed by atoms with Gasteiger partial charge in [0.15, 0.2) is 0 Å². The summed E-state index contributed by atoms with van der Waals surface area (Å²) in [5.41, 5.74) is 3.73. The van der Waals surface area contributed by atoms with E-state index < -0.39 is 0 Å². The second-order valence-corrected chi connectivity index (χ2v) is 7.58. The smallest absolute Gasteiger partial charge is 0.270 e. The van der Waals surface area contributed by atoms with Gasteiger partial charge in [0.2, 0.25) is 0 Å². The Kier molecular flexibility index (Phi) is 4.19. The van der Waals surface area contributed by atoms with Crippen molar-refractivity contribution >= 4 is 28.7 Å². The molecule has 3 aromatic heterocycles. The lowest BCUT2D eigenvalue weighted by atomic mass is 10.1. The Hall–Kier alpha value is -3.42. The van der Waals surface area contributed by atoms with Gasteiger partial charge in [0, 0.05) is 42.7 Å². The first kappa shape index (κ1) is 17.7. The zero-order valence-corrected chi connectivity index (χ0v) is 16.1. The number of aromatic amines is 1. The molecule has 0 radical (unpaired) electrons. The number of amides is 2. The molecule has 29 heavy (non-hydrogen) atoms.